The predicted molar refractivity (Wildman–Crippen MR) is 80.1 cm³/mol. The lowest BCUT2D eigenvalue weighted by molar-refractivity contribution is 0.0694. The van der Waals surface area contributed by atoms with Gasteiger partial charge in [-0.2, -0.15) is 0 Å². The zero-order valence-electron chi connectivity index (χ0n) is 12.4. The number of nitrogens with two attached hydrogens (primary N) is 1. The first kappa shape index (κ1) is 14.1. The molecule has 1 aromatic carbocycles. The zero-order valence-corrected chi connectivity index (χ0v) is 12.4. The largest absolute Gasteiger partial charge is 0.355 e. The fourth-order valence-corrected chi connectivity index (χ4v) is 3.59. The minimum atomic E-state index is -0.127. The molecule has 5 nitrogen and oxygen atoms in total. The molecule has 3 rings (SSSR count). The van der Waals surface area contributed by atoms with Crippen molar-refractivity contribution in [1.82, 2.24) is 10.2 Å². The van der Waals surface area contributed by atoms with Gasteiger partial charge in [-0.1, -0.05) is 0 Å². The van der Waals surface area contributed by atoms with E-state index in [1.165, 1.54) is 0 Å². The Morgan fingerprint density at radius 2 is 2.10 bits per heavy atom. The molecule has 1 aromatic rings. The highest BCUT2D eigenvalue weighted by molar-refractivity contribution is 5.99. The number of aryl methyl sites for hydroxylation is 1. The van der Waals surface area contributed by atoms with Crippen LogP contribution < -0.4 is 11.1 Å². The highest BCUT2D eigenvalue weighted by Crippen LogP contribution is 2.37. The van der Waals surface area contributed by atoms with Crippen LogP contribution in [0.5, 0.6) is 0 Å². The summed E-state index contributed by atoms with van der Waals surface area (Å²) in [5.74, 6) is 0.379. The first-order chi connectivity index (χ1) is 10.0. The van der Waals surface area contributed by atoms with Crippen LogP contribution in [0.2, 0.25) is 0 Å². The first-order valence-corrected chi connectivity index (χ1v) is 7.40. The Labute approximate surface area is 124 Å². The van der Waals surface area contributed by atoms with Crippen molar-refractivity contribution in [3.8, 4) is 0 Å². The molecule has 112 valence electrons. The van der Waals surface area contributed by atoms with Crippen molar-refractivity contribution in [2.75, 3.05) is 13.6 Å². The second kappa shape index (κ2) is 5.15. The van der Waals surface area contributed by atoms with E-state index in [0.717, 1.165) is 24.9 Å². The highest BCUT2D eigenvalue weighted by Gasteiger charge is 2.45. The summed E-state index contributed by atoms with van der Waals surface area (Å²) in [5.41, 5.74) is 8.12. The van der Waals surface area contributed by atoms with Crippen LogP contribution in [0.3, 0.4) is 0 Å². The molecule has 5 heteroatoms. The molecule has 2 aliphatic rings. The summed E-state index contributed by atoms with van der Waals surface area (Å²) >= 11 is 0. The van der Waals surface area contributed by atoms with Gasteiger partial charge < -0.3 is 16.0 Å². The van der Waals surface area contributed by atoms with Gasteiger partial charge in [-0.3, -0.25) is 9.59 Å². The number of hydrogen-bond donors (Lipinski definition) is 2. The molecule has 0 spiro atoms. The van der Waals surface area contributed by atoms with E-state index in [2.05, 4.69) is 5.32 Å². The number of carbonyl (C=O) groups excluding carboxylic acids is 2. The van der Waals surface area contributed by atoms with E-state index < -0.39 is 0 Å². The zero-order chi connectivity index (χ0) is 15.1. The van der Waals surface area contributed by atoms with Crippen molar-refractivity contribution in [2.45, 2.75) is 31.8 Å². The molecule has 1 saturated carbocycles. The van der Waals surface area contributed by atoms with E-state index in [9.17, 15) is 9.59 Å². The van der Waals surface area contributed by atoms with Crippen molar-refractivity contribution in [1.29, 1.82) is 0 Å². The van der Waals surface area contributed by atoms with Gasteiger partial charge >= 0.3 is 0 Å². The Hall–Kier alpha value is -1.88. The van der Waals surface area contributed by atoms with Crippen LogP contribution in [0.4, 0.5) is 0 Å². The number of likely N-dealkylation sites (tertiary alicyclic amines) is 1. The molecule has 1 aliphatic carbocycles. The second-order valence-electron chi connectivity index (χ2n) is 6.12. The molecular formula is C16H21N3O2. The molecule has 1 saturated heterocycles. The van der Waals surface area contributed by atoms with E-state index in [4.69, 9.17) is 5.73 Å². The van der Waals surface area contributed by atoms with Crippen LogP contribution in [-0.2, 0) is 0 Å². The highest BCUT2D eigenvalue weighted by atomic mass is 16.2. The normalized spacial score (nSPS) is 27.0. The molecule has 3 N–H and O–H groups in total. The van der Waals surface area contributed by atoms with Gasteiger partial charge in [-0.15, -0.1) is 0 Å². The number of benzene rings is 1. The number of amides is 2. The van der Waals surface area contributed by atoms with E-state index >= 15 is 0 Å². The Kier molecular flexibility index (Phi) is 3.45. The van der Waals surface area contributed by atoms with Crippen LogP contribution in [0.15, 0.2) is 18.2 Å². The van der Waals surface area contributed by atoms with Gasteiger partial charge in [0.2, 0.25) is 0 Å². The molecule has 0 radical (unpaired) electrons. The van der Waals surface area contributed by atoms with E-state index in [1.54, 1.807) is 25.2 Å². The number of nitrogens with one attached hydrogen (secondary N) is 1. The lowest BCUT2D eigenvalue weighted by atomic mass is 10.0. The molecule has 2 amide bonds. The molecule has 0 aromatic heterocycles. The van der Waals surface area contributed by atoms with Crippen LogP contribution in [0.1, 0.15) is 39.1 Å². The van der Waals surface area contributed by atoms with Gasteiger partial charge in [0.25, 0.3) is 11.8 Å². The predicted octanol–water partition coefficient (Wildman–Crippen LogP) is 0.916. The quantitative estimate of drug-likeness (QED) is 0.849. The van der Waals surface area contributed by atoms with E-state index in [0.29, 0.717) is 17.0 Å². The lowest BCUT2D eigenvalue weighted by Gasteiger charge is -2.30. The first-order valence-electron chi connectivity index (χ1n) is 7.40. The number of piperidine rings is 1. The Balaban J connectivity index is 1.80. The SMILES string of the molecule is CNC(=O)c1ccc(C(=O)N2CC3CC2CC3N)cc1C. The van der Waals surface area contributed by atoms with Gasteiger partial charge in [0, 0.05) is 36.8 Å². The van der Waals surface area contributed by atoms with Crippen molar-refractivity contribution in [3.05, 3.63) is 34.9 Å². The van der Waals surface area contributed by atoms with Gasteiger partial charge in [0.15, 0.2) is 0 Å². The van der Waals surface area contributed by atoms with Crippen LogP contribution in [0.25, 0.3) is 0 Å². The summed E-state index contributed by atoms with van der Waals surface area (Å²) in [7, 11) is 1.60. The molecule has 2 bridgehead atoms. The van der Waals surface area contributed by atoms with Gasteiger partial charge in [-0.05, 0) is 49.4 Å². The van der Waals surface area contributed by atoms with Crippen LogP contribution in [-0.4, -0.2) is 42.4 Å². The molecule has 21 heavy (non-hydrogen) atoms. The fourth-order valence-electron chi connectivity index (χ4n) is 3.59. The summed E-state index contributed by atoms with van der Waals surface area (Å²) in [5, 5.41) is 2.60. The van der Waals surface area contributed by atoms with Gasteiger partial charge in [0.1, 0.15) is 0 Å². The average Bonchev–Trinajstić information content (AvgIpc) is 3.04. The summed E-state index contributed by atoms with van der Waals surface area (Å²) in [6.45, 7) is 2.62. The average molecular weight is 287 g/mol. The second-order valence-corrected chi connectivity index (χ2v) is 6.12. The summed E-state index contributed by atoms with van der Waals surface area (Å²) in [4.78, 5) is 26.3. The third-order valence-corrected chi connectivity index (χ3v) is 4.80. The Morgan fingerprint density at radius 3 is 2.62 bits per heavy atom. The third-order valence-electron chi connectivity index (χ3n) is 4.80. The molecule has 3 unspecified atom stereocenters. The third kappa shape index (κ3) is 2.31. The fraction of sp³-hybridized carbons (Fsp3) is 0.500. The molecule has 1 heterocycles. The standard InChI is InChI=1S/C16H21N3O2/c1-9-5-10(3-4-13(9)15(20)18-2)16(21)19-8-11-6-12(19)7-14(11)17/h3-5,11-12,14H,6-8,17H2,1-2H3,(H,18,20). The number of fused-ring (bicyclic) bond motifs is 2. The topological polar surface area (TPSA) is 75.4 Å². The number of nitrogens with zero attached hydrogens (tertiary/aromatic N) is 1. The maximum Gasteiger partial charge on any atom is 0.254 e. The smallest absolute Gasteiger partial charge is 0.254 e. The van der Waals surface area contributed by atoms with Gasteiger partial charge in [0.05, 0.1) is 0 Å². The van der Waals surface area contributed by atoms with Crippen LogP contribution >= 0.6 is 0 Å². The number of hydrogen-bond acceptors (Lipinski definition) is 3. The number of carbonyl (C=O) groups is 2. The van der Waals surface area contributed by atoms with Gasteiger partial charge in [-0.25, -0.2) is 0 Å². The van der Waals surface area contributed by atoms with E-state index in [-0.39, 0.29) is 23.9 Å². The molecule has 2 fully saturated rings. The van der Waals surface area contributed by atoms with Crippen molar-refractivity contribution < 1.29 is 9.59 Å². The minimum Gasteiger partial charge on any atom is -0.355 e. The molecule has 1 aliphatic heterocycles. The maximum absolute atomic E-state index is 12.6. The minimum absolute atomic E-state index is 0.0564. The molecular weight excluding hydrogens is 266 g/mol. The van der Waals surface area contributed by atoms with E-state index in [1.807, 2.05) is 11.8 Å². The van der Waals surface area contributed by atoms with Crippen molar-refractivity contribution >= 4 is 11.8 Å². The van der Waals surface area contributed by atoms with Crippen molar-refractivity contribution in [2.24, 2.45) is 11.7 Å². The lowest BCUT2D eigenvalue weighted by Crippen LogP contribution is -2.44. The summed E-state index contributed by atoms with van der Waals surface area (Å²) in [6, 6.07) is 5.80. The maximum atomic E-state index is 12.6. The number of rotatable bonds is 2. The summed E-state index contributed by atoms with van der Waals surface area (Å²) < 4.78 is 0. The van der Waals surface area contributed by atoms with Crippen LogP contribution in [0, 0.1) is 12.8 Å². The Morgan fingerprint density at radius 1 is 1.33 bits per heavy atom. The Bertz CT molecular complexity index is 597. The van der Waals surface area contributed by atoms with Crippen molar-refractivity contribution in [3.63, 3.8) is 0 Å². The monoisotopic (exact) mass is 287 g/mol. The summed E-state index contributed by atoms with van der Waals surface area (Å²) in [6.07, 6.45) is 1.94. The molecule has 3 atom stereocenters.